The van der Waals surface area contributed by atoms with Crippen LogP contribution in [-0.4, -0.2) is 30.9 Å². The van der Waals surface area contributed by atoms with Gasteiger partial charge in [0.25, 0.3) is 0 Å². The van der Waals surface area contributed by atoms with E-state index in [9.17, 15) is 13.2 Å². The Labute approximate surface area is 120 Å². The van der Waals surface area contributed by atoms with Crippen molar-refractivity contribution in [1.29, 1.82) is 0 Å². The summed E-state index contributed by atoms with van der Waals surface area (Å²) in [5.41, 5.74) is 6.27. The van der Waals surface area contributed by atoms with E-state index in [4.69, 9.17) is 22.1 Å². The van der Waals surface area contributed by atoms with Gasteiger partial charge in [-0.2, -0.15) is 13.2 Å². The summed E-state index contributed by atoms with van der Waals surface area (Å²) in [6, 6.07) is 1.09. The van der Waals surface area contributed by atoms with Crippen molar-refractivity contribution in [2.75, 3.05) is 25.5 Å². The van der Waals surface area contributed by atoms with Crippen molar-refractivity contribution in [2.45, 2.75) is 25.6 Å². The van der Waals surface area contributed by atoms with Gasteiger partial charge in [0, 0.05) is 11.8 Å². The summed E-state index contributed by atoms with van der Waals surface area (Å²) >= 11 is 5.83. The highest BCUT2D eigenvalue weighted by Crippen LogP contribution is 2.23. The number of nitrogens with zero attached hydrogens (tertiary/aromatic N) is 1. The third-order valence-corrected chi connectivity index (χ3v) is 2.69. The number of hydrogen-bond acceptors (Lipinski definition) is 4. The Balaban J connectivity index is 2.75. The first kappa shape index (κ1) is 17.0. The Kier molecular flexibility index (Phi) is 6.51. The van der Waals surface area contributed by atoms with Crippen LogP contribution in [0.15, 0.2) is 12.3 Å². The van der Waals surface area contributed by atoms with Crippen molar-refractivity contribution in [3.63, 3.8) is 0 Å². The zero-order valence-electron chi connectivity index (χ0n) is 11.0. The van der Waals surface area contributed by atoms with Gasteiger partial charge in [0.05, 0.1) is 17.7 Å². The number of aromatic nitrogens is 1. The Morgan fingerprint density at radius 3 is 2.80 bits per heavy atom. The van der Waals surface area contributed by atoms with E-state index < -0.39 is 18.8 Å². The molecule has 0 bridgehead atoms. The summed E-state index contributed by atoms with van der Waals surface area (Å²) in [6.07, 6.45) is -2.15. The van der Waals surface area contributed by atoms with E-state index in [0.717, 1.165) is 6.42 Å². The van der Waals surface area contributed by atoms with Gasteiger partial charge < -0.3 is 15.8 Å². The minimum absolute atomic E-state index is 0.161. The third-order valence-electron chi connectivity index (χ3n) is 2.48. The van der Waals surface area contributed by atoms with Crippen LogP contribution in [0.25, 0.3) is 0 Å². The molecule has 0 radical (unpaired) electrons. The smallest absolute Gasteiger partial charge is 0.383 e. The first-order valence-corrected chi connectivity index (χ1v) is 6.50. The van der Waals surface area contributed by atoms with Gasteiger partial charge >= 0.3 is 6.18 Å². The van der Waals surface area contributed by atoms with Crippen LogP contribution in [0.4, 0.5) is 19.0 Å². The molecule has 8 heteroatoms. The van der Waals surface area contributed by atoms with Crippen molar-refractivity contribution in [2.24, 2.45) is 0 Å². The quantitative estimate of drug-likeness (QED) is 0.813. The minimum Gasteiger partial charge on any atom is -0.383 e. The second kappa shape index (κ2) is 7.66. The molecule has 0 amide bonds. The SMILES string of the molecule is CCCNC(COCC(F)(F)F)c1cc(Cl)cnc1N. The Hall–Kier alpha value is -1.05. The molecule has 20 heavy (non-hydrogen) atoms. The molecule has 0 spiro atoms. The molecule has 114 valence electrons. The number of pyridine rings is 1. The topological polar surface area (TPSA) is 60.2 Å². The number of nitrogens with one attached hydrogen (secondary N) is 1. The Bertz CT molecular complexity index is 429. The molecule has 0 aliphatic rings. The van der Waals surface area contributed by atoms with Crippen LogP contribution in [-0.2, 0) is 4.74 Å². The van der Waals surface area contributed by atoms with E-state index >= 15 is 0 Å². The summed E-state index contributed by atoms with van der Waals surface area (Å²) in [6.45, 7) is 1.10. The number of alkyl halides is 3. The molecule has 0 aliphatic heterocycles. The number of ether oxygens (including phenoxy) is 1. The molecule has 1 rings (SSSR count). The minimum atomic E-state index is -4.35. The highest BCUT2D eigenvalue weighted by Gasteiger charge is 2.28. The van der Waals surface area contributed by atoms with E-state index in [1.54, 1.807) is 6.07 Å². The normalized spacial score (nSPS) is 13.4. The number of anilines is 1. The third kappa shape index (κ3) is 5.94. The second-order valence-corrected chi connectivity index (χ2v) is 4.70. The Morgan fingerprint density at radius 2 is 2.20 bits per heavy atom. The van der Waals surface area contributed by atoms with Crippen LogP contribution >= 0.6 is 11.6 Å². The van der Waals surface area contributed by atoms with Gasteiger partial charge in [-0.3, -0.25) is 0 Å². The van der Waals surface area contributed by atoms with Gasteiger partial charge in [-0.1, -0.05) is 18.5 Å². The fraction of sp³-hybridized carbons (Fsp3) is 0.583. The molecule has 4 nitrogen and oxygen atoms in total. The van der Waals surface area contributed by atoms with Gasteiger partial charge in [-0.25, -0.2) is 4.98 Å². The summed E-state index contributed by atoms with van der Waals surface area (Å²) in [5.74, 6) is 0.221. The lowest BCUT2D eigenvalue weighted by Gasteiger charge is -2.20. The molecule has 1 aromatic rings. The molecule has 0 aliphatic carbocycles. The number of rotatable bonds is 7. The molecular formula is C12H17ClF3N3O. The van der Waals surface area contributed by atoms with Crippen molar-refractivity contribution >= 4 is 17.4 Å². The lowest BCUT2D eigenvalue weighted by Crippen LogP contribution is -2.29. The lowest BCUT2D eigenvalue weighted by molar-refractivity contribution is -0.175. The molecule has 1 atom stereocenters. The van der Waals surface area contributed by atoms with Gasteiger partial charge in [-0.05, 0) is 19.0 Å². The van der Waals surface area contributed by atoms with Gasteiger partial charge in [-0.15, -0.1) is 0 Å². The highest BCUT2D eigenvalue weighted by atomic mass is 35.5. The van der Waals surface area contributed by atoms with Crippen LogP contribution in [0, 0.1) is 0 Å². The maximum atomic E-state index is 12.1. The van der Waals surface area contributed by atoms with Crippen LogP contribution < -0.4 is 11.1 Å². The molecule has 0 fully saturated rings. The van der Waals surface area contributed by atoms with Crippen molar-refractivity contribution < 1.29 is 17.9 Å². The predicted molar refractivity (Wildman–Crippen MR) is 71.6 cm³/mol. The second-order valence-electron chi connectivity index (χ2n) is 4.27. The summed E-state index contributed by atoms with van der Waals surface area (Å²) in [4.78, 5) is 3.89. The fourth-order valence-electron chi connectivity index (χ4n) is 1.61. The monoisotopic (exact) mass is 311 g/mol. The zero-order chi connectivity index (χ0) is 15.2. The molecule has 1 aromatic heterocycles. The van der Waals surface area contributed by atoms with Crippen molar-refractivity contribution in [3.8, 4) is 0 Å². The number of halogens is 4. The molecule has 1 unspecified atom stereocenters. The van der Waals surface area contributed by atoms with Gasteiger partial charge in [0.2, 0.25) is 0 Å². The van der Waals surface area contributed by atoms with E-state index in [1.165, 1.54) is 6.20 Å². The first-order valence-electron chi connectivity index (χ1n) is 6.12. The van der Waals surface area contributed by atoms with Crippen molar-refractivity contribution in [1.82, 2.24) is 10.3 Å². The number of nitrogens with two attached hydrogens (primary N) is 1. The molecule has 3 N–H and O–H groups in total. The predicted octanol–water partition coefficient (Wildman–Crippen LogP) is 2.94. The number of hydrogen-bond donors (Lipinski definition) is 2. The maximum Gasteiger partial charge on any atom is 0.411 e. The lowest BCUT2D eigenvalue weighted by atomic mass is 10.1. The van der Waals surface area contributed by atoms with E-state index in [-0.39, 0.29) is 12.4 Å². The van der Waals surface area contributed by atoms with Crippen LogP contribution in [0.1, 0.15) is 24.9 Å². The standard InChI is InChI=1S/C12H17ClF3N3O/c1-2-3-18-10(6-20-7-12(14,15)16)9-4-8(13)5-19-11(9)17/h4-5,10,18H,2-3,6-7H2,1H3,(H2,17,19). The largest absolute Gasteiger partial charge is 0.411 e. The van der Waals surface area contributed by atoms with Crippen molar-refractivity contribution in [3.05, 3.63) is 22.8 Å². The molecule has 0 aromatic carbocycles. The number of nitrogen functional groups attached to an aromatic ring is 1. The van der Waals surface area contributed by atoms with Crippen LogP contribution in [0.5, 0.6) is 0 Å². The average molecular weight is 312 g/mol. The molecular weight excluding hydrogens is 295 g/mol. The summed E-state index contributed by atoms with van der Waals surface area (Å²) in [7, 11) is 0. The van der Waals surface area contributed by atoms with E-state index in [0.29, 0.717) is 17.1 Å². The van der Waals surface area contributed by atoms with E-state index in [1.807, 2.05) is 6.92 Å². The van der Waals surface area contributed by atoms with Gasteiger partial charge in [0.15, 0.2) is 0 Å². The van der Waals surface area contributed by atoms with Crippen LogP contribution in [0.2, 0.25) is 5.02 Å². The maximum absolute atomic E-state index is 12.1. The molecule has 1 heterocycles. The van der Waals surface area contributed by atoms with Crippen LogP contribution in [0.3, 0.4) is 0 Å². The van der Waals surface area contributed by atoms with Gasteiger partial charge in [0.1, 0.15) is 12.4 Å². The molecule has 0 saturated heterocycles. The Morgan fingerprint density at radius 1 is 1.50 bits per heavy atom. The highest BCUT2D eigenvalue weighted by molar-refractivity contribution is 6.30. The first-order chi connectivity index (χ1) is 9.33. The average Bonchev–Trinajstić information content (AvgIpc) is 2.35. The summed E-state index contributed by atoms with van der Waals surface area (Å²) < 4.78 is 41.0. The fourth-order valence-corrected chi connectivity index (χ4v) is 1.78. The van der Waals surface area contributed by atoms with E-state index in [2.05, 4.69) is 10.3 Å². The molecule has 0 saturated carbocycles. The summed E-state index contributed by atoms with van der Waals surface area (Å²) in [5, 5.41) is 3.44. The zero-order valence-corrected chi connectivity index (χ0v) is 11.8.